The minimum atomic E-state index is 0.499. The van der Waals surface area contributed by atoms with Crippen molar-refractivity contribution in [1.82, 2.24) is 4.98 Å². The molecule has 118 valence electrons. The van der Waals surface area contributed by atoms with Gasteiger partial charge < -0.3 is 10.5 Å². The van der Waals surface area contributed by atoms with Gasteiger partial charge >= 0.3 is 0 Å². The number of anilines is 2. The number of nitrogen functional groups attached to an aromatic ring is 1. The van der Waals surface area contributed by atoms with Gasteiger partial charge in [0.2, 0.25) is 5.13 Å². The fourth-order valence-electron chi connectivity index (χ4n) is 1.76. The first-order chi connectivity index (χ1) is 10.5. The molecule has 2 rings (SSSR count). The van der Waals surface area contributed by atoms with Gasteiger partial charge in [0.15, 0.2) is 0 Å². The number of aromatic nitrogens is 1. The standard InChI is InChI=1S/C16H22N4OS/c1-11(2)6-7-21-14-8-13(5-4-12(14)3)9-18-20-16-19-15(17)10-22-16/h4-5,8-11H,6-7,17H2,1-3H3,(H,19,20). The Morgan fingerprint density at radius 3 is 2.95 bits per heavy atom. The molecule has 0 fully saturated rings. The van der Waals surface area contributed by atoms with E-state index in [-0.39, 0.29) is 0 Å². The number of nitrogens with zero attached hydrogens (tertiary/aromatic N) is 2. The maximum atomic E-state index is 5.85. The van der Waals surface area contributed by atoms with Crippen LogP contribution in [0.2, 0.25) is 0 Å². The highest BCUT2D eigenvalue weighted by Gasteiger charge is 2.02. The fraction of sp³-hybridized carbons (Fsp3) is 0.375. The first kappa shape index (κ1) is 16.3. The normalized spacial score (nSPS) is 11.3. The quantitative estimate of drug-likeness (QED) is 0.600. The Morgan fingerprint density at radius 1 is 1.45 bits per heavy atom. The van der Waals surface area contributed by atoms with Gasteiger partial charge in [0.1, 0.15) is 11.6 Å². The van der Waals surface area contributed by atoms with E-state index < -0.39 is 0 Å². The zero-order valence-corrected chi connectivity index (χ0v) is 14.0. The molecule has 0 amide bonds. The minimum Gasteiger partial charge on any atom is -0.493 e. The minimum absolute atomic E-state index is 0.499. The number of thiazole rings is 1. The van der Waals surface area contributed by atoms with Crippen LogP contribution in [-0.4, -0.2) is 17.8 Å². The second-order valence-electron chi connectivity index (χ2n) is 5.50. The van der Waals surface area contributed by atoms with Gasteiger partial charge in [-0.3, -0.25) is 5.43 Å². The fourth-order valence-corrected chi connectivity index (χ4v) is 2.31. The molecule has 0 spiro atoms. The number of nitrogens with two attached hydrogens (primary N) is 1. The first-order valence-corrected chi connectivity index (χ1v) is 8.16. The molecule has 1 aromatic carbocycles. The van der Waals surface area contributed by atoms with E-state index in [9.17, 15) is 0 Å². The largest absolute Gasteiger partial charge is 0.493 e. The number of rotatable bonds is 7. The molecule has 0 unspecified atom stereocenters. The maximum absolute atomic E-state index is 5.85. The summed E-state index contributed by atoms with van der Waals surface area (Å²) in [5.41, 5.74) is 10.5. The highest BCUT2D eigenvalue weighted by molar-refractivity contribution is 7.14. The summed E-state index contributed by atoms with van der Waals surface area (Å²) in [6.07, 6.45) is 2.79. The molecule has 22 heavy (non-hydrogen) atoms. The van der Waals surface area contributed by atoms with Crippen LogP contribution in [0.5, 0.6) is 5.75 Å². The van der Waals surface area contributed by atoms with Crippen LogP contribution < -0.4 is 15.9 Å². The SMILES string of the molecule is Cc1ccc(C=NNc2nc(N)cs2)cc1OCCC(C)C. The summed E-state index contributed by atoms with van der Waals surface area (Å²) in [5, 5.41) is 6.61. The Morgan fingerprint density at radius 2 is 2.27 bits per heavy atom. The van der Waals surface area contributed by atoms with Crippen LogP contribution in [0.25, 0.3) is 0 Å². The number of aryl methyl sites for hydroxylation is 1. The van der Waals surface area contributed by atoms with Crippen molar-refractivity contribution < 1.29 is 4.74 Å². The van der Waals surface area contributed by atoms with E-state index in [1.807, 2.05) is 25.1 Å². The molecule has 2 aromatic rings. The summed E-state index contributed by atoms with van der Waals surface area (Å²) in [6.45, 7) is 7.16. The van der Waals surface area contributed by atoms with Crippen molar-refractivity contribution in [2.24, 2.45) is 11.0 Å². The Labute approximate surface area is 135 Å². The highest BCUT2D eigenvalue weighted by atomic mass is 32.1. The van der Waals surface area contributed by atoms with Crippen molar-refractivity contribution >= 4 is 28.5 Å². The van der Waals surface area contributed by atoms with Crippen molar-refractivity contribution in [1.29, 1.82) is 0 Å². The second-order valence-corrected chi connectivity index (χ2v) is 6.36. The molecule has 0 aliphatic carbocycles. The van der Waals surface area contributed by atoms with Crippen LogP contribution in [-0.2, 0) is 0 Å². The van der Waals surface area contributed by atoms with E-state index in [1.54, 1.807) is 11.6 Å². The van der Waals surface area contributed by atoms with Gasteiger partial charge in [-0.25, -0.2) is 4.98 Å². The topological polar surface area (TPSA) is 72.5 Å². The predicted molar refractivity (Wildman–Crippen MR) is 93.9 cm³/mol. The Kier molecular flexibility index (Phi) is 5.77. The number of hydrogen-bond acceptors (Lipinski definition) is 6. The number of ether oxygens (including phenoxy) is 1. The van der Waals surface area contributed by atoms with Crippen LogP contribution in [0.1, 0.15) is 31.4 Å². The molecule has 0 bridgehead atoms. The molecule has 1 heterocycles. The van der Waals surface area contributed by atoms with Gasteiger partial charge in [-0.15, -0.1) is 11.3 Å². The average Bonchev–Trinajstić information content (AvgIpc) is 2.87. The Hall–Kier alpha value is -2.08. The smallest absolute Gasteiger partial charge is 0.205 e. The summed E-state index contributed by atoms with van der Waals surface area (Å²) in [6, 6.07) is 6.04. The molecular formula is C16H22N4OS. The summed E-state index contributed by atoms with van der Waals surface area (Å²) >= 11 is 1.42. The number of nitrogens with one attached hydrogen (secondary N) is 1. The van der Waals surface area contributed by atoms with Gasteiger partial charge in [0.05, 0.1) is 12.8 Å². The Balaban J connectivity index is 1.96. The molecule has 0 aliphatic heterocycles. The molecule has 0 aliphatic rings. The Bertz CT molecular complexity index is 637. The molecule has 5 nitrogen and oxygen atoms in total. The lowest BCUT2D eigenvalue weighted by molar-refractivity contribution is 0.288. The predicted octanol–water partition coefficient (Wildman–Crippen LogP) is 3.90. The molecule has 0 saturated heterocycles. The van der Waals surface area contributed by atoms with E-state index in [1.165, 1.54) is 11.3 Å². The van der Waals surface area contributed by atoms with Crippen molar-refractivity contribution in [3.8, 4) is 5.75 Å². The zero-order chi connectivity index (χ0) is 15.9. The maximum Gasteiger partial charge on any atom is 0.205 e. The van der Waals surface area contributed by atoms with Gasteiger partial charge in [-0.1, -0.05) is 26.0 Å². The lowest BCUT2D eigenvalue weighted by Crippen LogP contribution is -2.03. The van der Waals surface area contributed by atoms with E-state index in [2.05, 4.69) is 29.4 Å². The average molecular weight is 318 g/mol. The van der Waals surface area contributed by atoms with Crippen molar-refractivity contribution in [3.05, 3.63) is 34.7 Å². The molecule has 6 heteroatoms. The highest BCUT2D eigenvalue weighted by Crippen LogP contribution is 2.20. The van der Waals surface area contributed by atoms with Crippen LogP contribution in [0.15, 0.2) is 28.7 Å². The lowest BCUT2D eigenvalue weighted by atomic mass is 10.1. The summed E-state index contributed by atoms with van der Waals surface area (Å²) in [5.74, 6) is 2.04. The van der Waals surface area contributed by atoms with Crippen molar-refractivity contribution in [2.45, 2.75) is 27.2 Å². The van der Waals surface area contributed by atoms with Crippen molar-refractivity contribution in [3.63, 3.8) is 0 Å². The third-order valence-electron chi connectivity index (χ3n) is 3.06. The molecule has 1 aromatic heterocycles. The second kappa shape index (κ2) is 7.79. The van der Waals surface area contributed by atoms with Crippen LogP contribution in [0.4, 0.5) is 10.9 Å². The summed E-state index contributed by atoms with van der Waals surface area (Å²) in [4.78, 5) is 4.08. The van der Waals surface area contributed by atoms with Gasteiger partial charge in [-0.2, -0.15) is 5.10 Å². The third-order valence-corrected chi connectivity index (χ3v) is 3.83. The lowest BCUT2D eigenvalue weighted by Gasteiger charge is -2.11. The van der Waals surface area contributed by atoms with Crippen LogP contribution in [0.3, 0.4) is 0 Å². The molecule has 0 saturated carbocycles. The molecule has 0 radical (unpaired) electrons. The van der Waals surface area contributed by atoms with Gasteiger partial charge in [-0.05, 0) is 36.5 Å². The molecular weight excluding hydrogens is 296 g/mol. The van der Waals surface area contributed by atoms with E-state index in [0.717, 1.165) is 29.9 Å². The number of benzene rings is 1. The molecule has 3 N–H and O–H groups in total. The summed E-state index contributed by atoms with van der Waals surface area (Å²) < 4.78 is 5.85. The zero-order valence-electron chi connectivity index (χ0n) is 13.2. The van der Waals surface area contributed by atoms with E-state index in [0.29, 0.717) is 16.9 Å². The number of hydrogen-bond donors (Lipinski definition) is 2. The third kappa shape index (κ3) is 5.04. The van der Waals surface area contributed by atoms with Crippen LogP contribution >= 0.6 is 11.3 Å². The summed E-state index contributed by atoms with van der Waals surface area (Å²) in [7, 11) is 0. The monoisotopic (exact) mass is 318 g/mol. The van der Waals surface area contributed by atoms with Gasteiger partial charge in [0, 0.05) is 5.38 Å². The van der Waals surface area contributed by atoms with Gasteiger partial charge in [0.25, 0.3) is 0 Å². The first-order valence-electron chi connectivity index (χ1n) is 7.28. The van der Waals surface area contributed by atoms with Crippen LogP contribution in [0, 0.1) is 12.8 Å². The van der Waals surface area contributed by atoms with E-state index >= 15 is 0 Å². The molecule has 0 atom stereocenters. The number of hydrazone groups is 1. The van der Waals surface area contributed by atoms with E-state index in [4.69, 9.17) is 10.5 Å². The van der Waals surface area contributed by atoms with Crippen molar-refractivity contribution in [2.75, 3.05) is 17.8 Å².